The van der Waals surface area contributed by atoms with Crippen LogP contribution in [0.1, 0.15) is 12.5 Å². The van der Waals surface area contributed by atoms with Crippen molar-refractivity contribution in [3.05, 3.63) is 72.1 Å². The Morgan fingerprint density at radius 1 is 1.13 bits per heavy atom. The summed E-state index contributed by atoms with van der Waals surface area (Å²) in [7, 11) is 0. The number of morpholine rings is 1. The van der Waals surface area contributed by atoms with Gasteiger partial charge in [-0.2, -0.15) is 4.98 Å². The predicted octanol–water partition coefficient (Wildman–Crippen LogP) is 5.71. The number of aromatic nitrogens is 2. The molecule has 1 aliphatic heterocycles. The van der Waals surface area contributed by atoms with Gasteiger partial charge < -0.3 is 25.4 Å². The molecule has 9 nitrogen and oxygen atoms in total. The number of thiophene rings is 1. The zero-order valence-corrected chi connectivity index (χ0v) is 22.9. The van der Waals surface area contributed by atoms with Crippen molar-refractivity contribution >= 4 is 56.3 Å². The van der Waals surface area contributed by atoms with Crippen molar-refractivity contribution in [2.24, 2.45) is 0 Å². The molecule has 1 aliphatic rings. The zero-order valence-electron chi connectivity index (χ0n) is 22.1. The molecule has 10 heteroatoms. The number of rotatable bonds is 10. The number of carbonyl (C=O) groups is 1. The number of benzene rings is 2. The zero-order chi connectivity index (χ0) is 27.2. The van der Waals surface area contributed by atoms with Crippen LogP contribution in [0.4, 0.5) is 28.8 Å². The molecule has 39 heavy (non-hydrogen) atoms. The predicted molar refractivity (Wildman–Crippen MR) is 158 cm³/mol. The lowest BCUT2D eigenvalue weighted by atomic mass is 10.2. The van der Waals surface area contributed by atoms with Crippen molar-refractivity contribution < 1.29 is 14.3 Å². The van der Waals surface area contributed by atoms with Crippen molar-refractivity contribution in [3.63, 3.8) is 0 Å². The molecule has 1 saturated heterocycles. The molecule has 0 bridgehead atoms. The third-order valence-corrected chi connectivity index (χ3v) is 7.37. The lowest BCUT2D eigenvalue weighted by molar-refractivity contribution is -0.111. The number of nitrogens with zero attached hydrogens (tertiary/aromatic N) is 3. The normalized spacial score (nSPS) is 14.5. The molecule has 0 aliphatic carbocycles. The highest BCUT2D eigenvalue weighted by Gasteiger charge is 2.18. The van der Waals surface area contributed by atoms with E-state index < -0.39 is 0 Å². The third-order valence-electron chi connectivity index (χ3n) is 6.46. The average Bonchev–Trinajstić information content (AvgIpc) is 3.42. The largest absolute Gasteiger partial charge is 0.492 e. The van der Waals surface area contributed by atoms with Crippen molar-refractivity contribution in [1.29, 1.82) is 0 Å². The Bertz CT molecular complexity index is 1470. The van der Waals surface area contributed by atoms with Crippen molar-refractivity contribution in [2.75, 3.05) is 48.9 Å². The Kier molecular flexibility index (Phi) is 8.36. The van der Waals surface area contributed by atoms with Gasteiger partial charge in [0.2, 0.25) is 11.9 Å². The number of aryl methyl sites for hydroxylation is 1. The van der Waals surface area contributed by atoms with Gasteiger partial charge in [0.05, 0.1) is 23.4 Å². The van der Waals surface area contributed by atoms with Crippen LogP contribution in [0.2, 0.25) is 0 Å². The van der Waals surface area contributed by atoms with E-state index in [1.807, 2.05) is 60.8 Å². The van der Waals surface area contributed by atoms with Gasteiger partial charge in [-0.15, -0.1) is 11.3 Å². The first kappa shape index (κ1) is 26.6. The summed E-state index contributed by atoms with van der Waals surface area (Å²) in [5.74, 6) is 1.76. The Hall–Kier alpha value is -3.99. The van der Waals surface area contributed by atoms with Gasteiger partial charge in [-0.1, -0.05) is 12.6 Å². The van der Waals surface area contributed by atoms with E-state index in [0.717, 1.165) is 59.2 Å². The summed E-state index contributed by atoms with van der Waals surface area (Å²) in [6.45, 7) is 11.8. The average molecular weight is 545 g/mol. The van der Waals surface area contributed by atoms with E-state index in [4.69, 9.17) is 19.4 Å². The highest BCUT2D eigenvalue weighted by Crippen LogP contribution is 2.32. The molecule has 3 heterocycles. The Morgan fingerprint density at radius 2 is 1.92 bits per heavy atom. The fraction of sp³-hybridized carbons (Fsp3) is 0.276. The van der Waals surface area contributed by atoms with Crippen molar-refractivity contribution in [1.82, 2.24) is 14.9 Å². The quantitative estimate of drug-likeness (QED) is 0.218. The lowest BCUT2D eigenvalue weighted by Crippen LogP contribution is -2.44. The van der Waals surface area contributed by atoms with Crippen LogP contribution in [0.5, 0.6) is 5.75 Å². The van der Waals surface area contributed by atoms with E-state index in [1.165, 1.54) is 6.08 Å². The maximum absolute atomic E-state index is 11.7. The first-order valence-corrected chi connectivity index (χ1v) is 13.7. The van der Waals surface area contributed by atoms with Gasteiger partial charge >= 0.3 is 0 Å². The summed E-state index contributed by atoms with van der Waals surface area (Å²) in [5.41, 5.74) is 4.19. The van der Waals surface area contributed by atoms with E-state index >= 15 is 0 Å². The molecule has 4 aromatic rings. The first-order chi connectivity index (χ1) is 19.0. The number of ether oxygens (including phenoxy) is 2. The van der Waals surface area contributed by atoms with Gasteiger partial charge in [-0.3, -0.25) is 9.69 Å². The van der Waals surface area contributed by atoms with Crippen LogP contribution in [-0.4, -0.2) is 59.7 Å². The van der Waals surface area contributed by atoms with Gasteiger partial charge in [0, 0.05) is 36.2 Å². The van der Waals surface area contributed by atoms with Gasteiger partial charge in [0.1, 0.15) is 12.4 Å². The monoisotopic (exact) mass is 544 g/mol. The maximum Gasteiger partial charge on any atom is 0.247 e. The van der Waals surface area contributed by atoms with Crippen LogP contribution >= 0.6 is 11.3 Å². The minimum atomic E-state index is -0.264. The SMILES string of the molecule is C=CC(=O)Nc1cccc(Nc2nc(Nc3ccc(OCC(C)N4CCOCC4)c(C)c3)nc3ccsc23)c1. The van der Waals surface area contributed by atoms with Crippen LogP contribution in [-0.2, 0) is 9.53 Å². The number of hydrogen-bond donors (Lipinski definition) is 3. The summed E-state index contributed by atoms with van der Waals surface area (Å²) in [6, 6.07) is 15.7. The number of amides is 1. The fourth-order valence-electron chi connectivity index (χ4n) is 4.36. The Morgan fingerprint density at radius 3 is 2.72 bits per heavy atom. The minimum Gasteiger partial charge on any atom is -0.492 e. The molecule has 0 radical (unpaired) electrons. The second-order valence-corrected chi connectivity index (χ2v) is 10.3. The van der Waals surface area contributed by atoms with Crippen LogP contribution < -0.4 is 20.7 Å². The molecule has 0 spiro atoms. The first-order valence-electron chi connectivity index (χ1n) is 12.9. The topological polar surface area (TPSA) is 101 Å². The van der Waals surface area contributed by atoms with Crippen LogP contribution in [0.3, 0.4) is 0 Å². The number of fused-ring (bicyclic) bond motifs is 1. The standard InChI is InChI=1S/C29H32N6O3S/c1-4-26(36)30-21-6-5-7-22(17-21)31-28-27-24(10-15-39-27)33-29(34-28)32-23-8-9-25(19(2)16-23)38-18-20(3)35-11-13-37-14-12-35/h4-10,15-17,20H,1,11-14,18H2,2-3H3,(H,30,36)(H2,31,32,33,34). The molecule has 1 amide bonds. The smallest absolute Gasteiger partial charge is 0.247 e. The van der Waals surface area contributed by atoms with Gasteiger partial charge in [-0.05, 0) is 73.3 Å². The Balaban J connectivity index is 1.29. The molecule has 1 atom stereocenters. The van der Waals surface area contributed by atoms with E-state index in [9.17, 15) is 4.79 Å². The molecule has 3 N–H and O–H groups in total. The van der Waals surface area contributed by atoms with Crippen LogP contribution in [0.15, 0.2) is 66.6 Å². The highest BCUT2D eigenvalue weighted by molar-refractivity contribution is 7.17. The summed E-state index contributed by atoms with van der Waals surface area (Å²) >= 11 is 1.56. The third kappa shape index (κ3) is 6.72. The van der Waals surface area contributed by atoms with Gasteiger partial charge in [0.15, 0.2) is 5.82 Å². The molecule has 2 aromatic heterocycles. The lowest BCUT2D eigenvalue weighted by Gasteiger charge is -2.32. The van der Waals surface area contributed by atoms with Crippen LogP contribution in [0, 0.1) is 6.92 Å². The second kappa shape index (κ2) is 12.2. The molecular weight excluding hydrogens is 512 g/mol. The molecule has 0 saturated carbocycles. The minimum absolute atomic E-state index is 0.264. The van der Waals surface area contributed by atoms with E-state index in [2.05, 4.69) is 34.4 Å². The number of carbonyl (C=O) groups excluding carboxylic acids is 1. The van der Waals surface area contributed by atoms with E-state index in [1.54, 1.807) is 11.3 Å². The molecule has 202 valence electrons. The molecule has 2 aromatic carbocycles. The summed E-state index contributed by atoms with van der Waals surface area (Å²) < 4.78 is 12.5. The molecule has 1 fully saturated rings. The van der Waals surface area contributed by atoms with Crippen molar-refractivity contribution in [2.45, 2.75) is 19.9 Å². The summed E-state index contributed by atoms with van der Waals surface area (Å²) in [4.78, 5) is 23.5. The number of nitrogens with one attached hydrogen (secondary N) is 3. The maximum atomic E-state index is 11.7. The molecular formula is C29H32N6O3S. The highest BCUT2D eigenvalue weighted by atomic mass is 32.1. The fourth-order valence-corrected chi connectivity index (χ4v) is 5.14. The van der Waals surface area contributed by atoms with Crippen LogP contribution in [0.25, 0.3) is 10.2 Å². The molecule has 1 unspecified atom stereocenters. The van der Waals surface area contributed by atoms with Gasteiger partial charge in [0.25, 0.3) is 0 Å². The summed E-state index contributed by atoms with van der Waals surface area (Å²) in [6.07, 6.45) is 1.24. The molecule has 5 rings (SSSR count). The Labute approximate surface area is 231 Å². The van der Waals surface area contributed by atoms with Crippen molar-refractivity contribution in [3.8, 4) is 5.75 Å². The number of anilines is 5. The second-order valence-electron chi connectivity index (χ2n) is 9.34. The van der Waals surface area contributed by atoms with Gasteiger partial charge in [-0.25, -0.2) is 4.98 Å². The van der Waals surface area contributed by atoms with E-state index in [-0.39, 0.29) is 5.91 Å². The summed E-state index contributed by atoms with van der Waals surface area (Å²) in [5, 5.41) is 11.5. The van der Waals surface area contributed by atoms with E-state index in [0.29, 0.717) is 30.1 Å². The number of hydrogen-bond acceptors (Lipinski definition) is 9.